The monoisotopic (exact) mass is 193 g/mol. The number of rotatable bonds is 4. The molecule has 0 aliphatic heterocycles. The summed E-state index contributed by atoms with van der Waals surface area (Å²) in [4.78, 5) is 0. The standard InChI is InChI=1S/C8H19NO2S/c1-6-8(4)9(5)12(10,11)7(2)3/h7-8H,6H2,1-5H3. The van der Waals surface area contributed by atoms with Crippen molar-refractivity contribution in [3.8, 4) is 0 Å². The highest BCUT2D eigenvalue weighted by Crippen LogP contribution is 2.11. The molecule has 0 aromatic rings. The molecule has 0 aliphatic carbocycles. The maximum Gasteiger partial charge on any atom is 0.216 e. The van der Waals surface area contributed by atoms with Crippen molar-refractivity contribution in [2.75, 3.05) is 7.05 Å². The summed E-state index contributed by atoms with van der Waals surface area (Å²) >= 11 is 0. The molecule has 12 heavy (non-hydrogen) atoms. The predicted molar refractivity (Wildman–Crippen MR) is 51.6 cm³/mol. The van der Waals surface area contributed by atoms with E-state index >= 15 is 0 Å². The zero-order chi connectivity index (χ0) is 9.94. The van der Waals surface area contributed by atoms with E-state index < -0.39 is 10.0 Å². The Labute approximate surface area is 75.8 Å². The fourth-order valence-corrected chi connectivity index (χ4v) is 2.16. The van der Waals surface area contributed by atoms with Crippen molar-refractivity contribution in [3.63, 3.8) is 0 Å². The molecule has 0 amide bonds. The van der Waals surface area contributed by atoms with Gasteiger partial charge in [0.05, 0.1) is 5.25 Å². The molecule has 0 N–H and O–H groups in total. The molecule has 1 unspecified atom stereocenters. The molecule has 0 aromatic carbocycles. The minimum atomic E-state index is -3.05. The zero-order valence-electron chi connectivity index (χ0n) is 8.53. The van der Waals surface area contributed by atoms with Crippen LogP contribution in [0.3, 0.4) is 0 Å². The average Bonchev–Trinajstić information content (AvgIpc) is 2.01. The fourth-order valence-electron chi connectivity index (χ4n) is 0.840. The normalized spacial score (nSPS) is 15.6. The van der Waals surface area contributed by atoms with Crippen molar-refractivity contribution < 1.29 is 8.42 Å². The number of hydrogen-bond acceptors (Lipinski definition) is 2. The van der Waals surface area contributed by atoms with Crippen molar-refractivity contribution in [1.82, 2.24) is 4.31 Å². The number of nitrogens with zero attached hydrogens (tertiary/aromatic N) is 1. The fraction of sp³-hybridized carbons (Fsp3) is 1.00. The maximum absolute atomic E-state index is 11.6. The number of sulfonamides is 1. The van der Waals surface area contributed by atoms with E-state index in [1.165, 1.54) is 4.31 Å². The Kier molecular flexibility index (Phi) is 4.20. The second-order valence-corrected chi connectivity index (χ2v) is 5.92. The highest BCUT2D eigenvalue weighted by molar-refractivity contribution is 7.89. The van der Waals surface area contributed by atoms with Crippen molar-refractivity contribution in [3.05, 3.63) is 0 Å². The molecule has 0 aliphatic rings. The van der Waals surface area contributed by atoms with E-state index in [0.717, 1.165) is 6.42 Å². The first-order chi connectivity index (χ1) is 5.34. The van der Waals surface area contributed by atoms with E-state index in [-0.39, 0.29) is 11.3 Å². The van der Waals surface area contributed by atoms with Crippen LogP contribution in [0.25, 0.3) is 0 Å². The Balaban J connectivity index is 4.58. The summed E-state index contributed by atoms with van der Waals surface area (Å²) in [7, 11) is -1.41. The first-order valence-corrected chi connectivity index (χ1v) is 5.81. The van der Waals surface area contributed by atoms with Gasteiger partial charge in [-0.3, -0.25) is 0 Å². The van der Waals surface area contributed by atoms with Crippen molar-refractivity contribution in [2.24, 2.45) is 0 Å². The van der Waals surface area contributed by atoms with Crippen molar-refractivity contribution in [1.29, 1.82) is 0 Å². The molecule has 0 radical (unpaired) electrons. The molecule has 0 saturated heterocycles. The van der Waals surface area contributed by atoms with Crippen molar-refractivity contribution >= 4 is 10.0 Å². The highest BCUT2D eigenvalue weighted by Gasteiger charge is 2.25. The molecule has 4 heteroatoms. The Hall–Kier alpha value is -0.0900. The van der Waals surface area contributed by atoms with Gasteiger partial charge in [0.25, 0.3) is 0 Å². The van der Waals surface area contributed by atoms with Crippen LogP contribution in [-0.4, -0.2) is 31.1 Å². The van der Waals surface area contributed by atoms with Crippen LogP contribution in [0.1, 0.15) is 34.1 Å². The molecule has 0 rings (SSSR count). The Morgan fingerprint density at radius 1 is 1.25 bits per heavy atom. The van der Waals surface area contributed by atoms with Crippen LogP contribution in [0.5, 0.6) is 0 Å². The van der Waals surface area contributed by atoms with Crippen molar-refractivity contribution in [2.45, 2.75) is 45.4 Å². The molecule has 0 spiro atoms. The Morgan fingerprint density at radius 3 is 1.92 bits per heavy atom. The van der Waals surface area contributed by atoms with Gasteiger partial charge in [0.15, 0.2) is 0 Å². The van der Waals surface area contributed by atoms with Gasteiger partial charge < -0.3 is 0 Å². The van der Waals surface area contributed by atoms with Gasteiger partial charge in [0.1, 0.15) is 0 Å². The summed E-state index contributed by atoms with van der Waals surface area (Å²) in [5, 5.41) is -0.323. The van der Waals surface area contributed by atoms with Gasteiger partial charge in [0.2, 0.25) is 10.0 Å². The van der Waals surface area contributed by atoms with E-state index in [1.54, 1.807) is 20.9 Å². The van der Waals surface area contributed by atoms with Crippen LogP contribution in [0.2, 0.25) is 0 Å². The quantitative estimate of drug-likeness (QED) is 0.677. The van der Waals surface area contributed by atoms with Gasteiger partial charge in [-0.2, -0.15) is 0 Å². The lowest BCUT2D eigenvalue weighted by molar-refractivity contribution is 0.377. The van der Waals surface area contributed by atoms with Gasteiger partial charge in [-0.25, -0.2) is 12.7 Å². The van der Waals surface area contributed by atoms with Crippen LogP contribution in [0, 0.1) is 0 Å². The Bertz CT molecular complexity index is 221. The SMILES string of the molecule is CCC(C)N(C)S(=O)(=O)C(C)C. The largest absolute Gasteiger partial charge is 0.216 e. The minimum Gasteiger partial charge on any atom is -0.212 e. The summed E-state index contributed by atoms with van der Waals surface area (Å²) in [6.07, 6.45) is 0.850. The third kappa shape index (κ3) is 2.45. The molecule has 0 fully saturated rings. The molecule has 0 aromatic heterocycles. The first-order valence-electron chi connectivity index (χ1n) is 4.30. The molecule has 0 bridgehead atoms. The Morgan fingerprint density at radius 2 is 1.67 bits per heavy atom. The van der Waals surface area contributed by atoms with E-state index in [9.17, 15) is 8.42 Å². The lowest BCUT2D eigenvalue weighted by Gasteiger charge is -2.25. The summed E-state index contributed by atoms with van der Waals surface area (Å²) < 4.78 is 24.6. The molecule has 1 atom stereocenters. The van der Waals surface area contributed by atoms with Crippen LogP contribution < -0.4 is 0 Å². The molecular weight excluding hydrogens is 174 g/mol. The predicted octanol–water partition coefficient (Wildman–Crippen LogP) is 1.45. The third-order valence-corrected chi connectivity index (χ3v) is 4.56. The molecular formula is C8H19NO2S. The number of hydrogen-bond donors (Lipinski definition) is 0. The van der Waals surface area contributed by atoms with E-state index in [4.69, 9.17) is 0 Å². The van der Waals surface area contributed by atoms with Gasteiger partial charge >= 0.3 is 0 Å². The van der Waals surface area contributed by atoms with Crippen LogP contribution in [-0.2, 0) is 10.0 Å². The lowest BCUT2D eigenvalue weighted by atomic mass is 10.3. The molecule has 0 heterocycles. The topological polar surface area (TPSA) is 37.4 Å². The summed E-state index contributed by atoms with van der Waals surface area (Å²) in [6.45, 7) is 7.30. The van der Waals surface area contributed by atoms with Gasteiger partial charge in [-0.1, -0.05) is 6.92 Å². The second kappa shape index (κ2) is 4.23. The van der Waals surface area contributed by atoms with Gasteiger partial charge in [-0.05, 0) is 27.2 Å². The molecule has 0 saturated carbocycles. The summed E-state index contributed by atoms with van der Waals surface area (Å²) in [6, 6.07) is 0.0948. The van der Waals surface area contributed by atoms with E-state index in [2.05, 4.69) is 0 Å². The maximum atomic E-state index is 11.6. The average molecular weight is 193 g/mol. The lowest BCUT2D eigenvalue weighted by Crippen LogP contribution is -2.38. The molecule has 74 valence electrons. The van der Waals surface area contributed by atoms with Crippen LogP contribution in [0.4, 0.5) is 0 Å². The minimum absolute atomic E-state index is 0.0948. The third-order valence-electron chi connectivity index (χ3n) is 2.21. The van der Waals surface area contributed by atoms with E-state index in [0.29, 0.717) is 0 Å². The molecule has 3 nitrogen and oxygen atoms in total. The van der Waals surface area contributed by atoms with Crippen LogP contribution in [0.15, 0.2) is 0 Å². The van der Waals surface area contributed by atoms with Gasteiger partial charge in [0, 0.05) is 13.1 Å². The van der Waals surface area contributed by atoms with Gasteiger partial charge in [-0.15, -0.1) is 0 Å². The van der Waals surface area contributed by atoms with Crippen LogP contribution >= 0.6 is 0 Å². The smallest absolute Gasteiger partial charge is 0.212 e. The second-order valence-electron chi connectivity index (χ2n) is 3.37. The highest BCUT2D eigenvalue weighted by atomic mass is 32.2. The van der Waals surface area contributed by atoms with E-state index in [1.807, 2.05) is 13.8 Å². The zero-order valence-corrected chi connectivity index (χ0v) is 9.35. The summed E-state index contributed by atoms with van der Waals surface area (Å²) in [5.41, 5.74) is 0. The summed E-state index contributed by atoms with van der Waals surface area (Å²) in [5.74, 6) is 0. The first kappa shape index (κ1) is 11.9.